The minimum absolute atomic E-state index is 0.216. The van der Waals surface area contributed by atoms with Gasteiger partial charge in [0, 0.05) is 0 Å². The van der Waals surface area contributed by atoms with Gasteiger partial charge in [0.15, 0.2) is 11.6 Å². The van der Waals surface area contributed by atoms with Crippen LogP contribution in [0.3, 0.4) is 0 Å². The molecule has 0 spiro atoms. The number of benzene rings is 1. The molecule has 1 saturated heterocycles. The largest absolute Gasteiger partial charge is 0.494 e. The van der Waals surface area contributed by atoms with E-state index < -0.39 is 0 Å². The lowest BCUT2D eigenvalue weighted by atomic mass is 10.1. The van der Waals surface area contributed by atoms with Gasteiger partial charge in [0.1, 0.15) is 0 Å². The molecular weight excluding hydrogens is 255 g/mol. The Balaban J connectivity index is 2.38. The molecule has 0 aliphatic carbocycles. The number of hydrogen-bond donors (Lipinski definition) is 2. The third-order valence-corrected chi connectivity index (χ3v) is 3.00. The predicted molar refractivity (Wildman–Crippen MR) is 79.2 cm³/mol. The quantitative estimate of drug-likeness (QED) is 0.866. The zero-order chi connectivity index (χ0) is 14.7. The Labute approximate surface area is 118 Å². The van der Waals surface area contributed by atoms with Crippen molar-refractivity contribution < 1.29 is 9.13 Å². The molecular formula is C16H17FN2O. The highest BCUT2D eigenvalue weighted by molar-refractivity contribution is 5.62. The smallest absolute Gasteiger partial charge is 0.165 e. The lowest BCUT2D eigenvalue weighted by Gasteiger charge is -2.26. The summed E-state index contributed by atoms with van der Waals surface area (Å²) in [4.78, 5) is 0. The minimum atomic E-state index is -0.381. The molecule has 0 radical (unpaired) electrons. The first-order valence-corrected chi connectivity index (χ1v) is 6.19. The normalized spacial score (nSPS) is 18.9. The van der Waals surface area contributed by atoms with Gasteiger partial charge in [0.05, 0.1) is 29.9 Å². The Bertz CT molecular complexity index is 629. The fourth-order valence-electron chi connectivity index (χ4n) is 1.89. The molecule has 1 heterocycles. The van der Waals surface area contributed by atoms with Crippen molar-refractivity contribution >= 4 is 6.08 Å². The second-order valence-electron chi connectivity index (χ2n) is 4.36. The number of rotatable bonds is 2. The lowest BCUT2D eigenvalue weighted by molar-refractivity contribution is 0.386. The van der Waals surface area contributed by atoms with E-state index in [2.05, 4.69) is 23.8 Å². The van der Waals surface area contributed by atoms with Crippen molar-refractivity contribution in [1.82, 2.24) is 10.6 Å². The zero-order valence-electron chi connectivity index (χ0n) is 11.6. The maximum absolute atomic E-state index is 13.4. The Morgan fingerprint density at radius 2 is 1.80 bits per heavy atom. The highest BCUT2D eigenvalue weighted by atomic mass is 19.1. The van der Waals surface area contributed by atoms with Crippen LogP contribution in [0.25, 0.3) is 6.08 Å². The van der Waals surface area contributed by atoms with E-state index in [4.69, 9.17) is 4.74 Å². The molecule has 1 aliphatic heterocycles. The van der Waals surface area contributed by atoms with Crippen LogP contribution >= 0.6 is 0 Å². The van der Waals surface area contributed by atoms with Crippen molar-refractivity contribution in [3.8, 4) is 5.75 Å². The molecule has 2 rings (SSSR count). The summed E-state index contributed by atoms with van der Waals surface area (Å²) in [7, 11) is 1.44. The maximum atomic E-state index is 13.4. The summed E-state index contributed by atoms with van der Waals surface area (Å²) < 4.78 is 18.4. The monoisotopic (exact) mass is 272 g/mol. The first-order chi connectivity index (χ1) is 9.55. The predicted octanol–water partition coefficient (Wildman–Crippen LogP) is 3.30. The fraction of sp³-hybridized carbons (Fsp3) is 0.125. The van der Waals surface area contributed by atoms with E-state index in [1.165, 1.54) is 13.2 Å². The molecule has 2 N–H and O–H groups in total. The van der Waals surface area contributed by atoms with Crippen molar-refractivity contribution in [1.29, 1.82) is 0 Å². The van der Waals surface area contributed by atoms with E-state index in [1.807, 2.05) is 19.1 Å². The van der Waals surface area contributed by atoms with Crippen LogP contribution in [0.15, 0.2) is 60.2 Å². The van der Waals surface area contributed by atoms with Crippen molar-refractivity contribution in [2.75, 3.05) is 7.11 Å². The van der Waals surface area contributed by atoms with Crippen molar-refractivity contribution in [2.24, 2.45) is 0 Å². The molecule has 1 fully saturated rings. The third kappa shape index (κ3) is 2.74. The van der Waals surface area contributed by atoms with Crippen LogP contribution in [-0.4, -0.2) is 7.11 Å². The van der Waals surface area contributed by atoms with E-state index in [-0.39, 0.29) is 11.6 Å². The number of allylic oxidation sites excluding steroid dienone is 1. The Hall–Kier alpha value is -2.49. The number of piperazine rings is 1. The van der Waals surface area contributed by atoms with Crippen LogP contribution < -0.4 is 15.4 Å². The summed E-state index contributed by atoms with van der Waals surface area (Å²) in [6, 6.07) is 4.71. The van der Waals surface area contributed by atoms with Gasteiger partial charge in [0.25, 0.3) is 0 Å². The third-order valence-electron chi connectivity index (χ3n) is 3.00. The van der Waals surface area contributed by atoms with Crippen molar-refractivity contribution in [2.45, 2.75) is 6.92 Å². The SMILES string of the molecule is C=C1NC(=C\c2ccc(F)c(OC)c2)/C(=C\C)NC1=C. The van der Waals surface area contributed by atoms with Gasteiger partial charge >= 0.3 is 0 Å². The van der Waals surface area contributed by atoms with Crippen molar-refractivity contribution in [3.63, 3.8) is 0 Å². The fourth-order valence-corrected chi connectivity index (χ4v) is 1.89. The number of methoxy groups -OCH3 is 1. The van der Waals surface area contributed by atoms with Crippen LogP contribution in [0.2, 0.25) is 0 Å². The van der Waals surface area contributed by atoms with Crippen molar-refractivity contribution in [3.05, 3.63) is 71.6 Å². The molecule has 3 nitrogen and oxygen atoms in total. The highest BCUT2D eigenvalue weighted by Gasteiger charge is 2.15. The van der Waals surface area contributed by atoms with Crippen LogP contribution in [-0.2, 0) is 0 Å². The summed E-state index contributed by atoms with van der Waals surface area (Å²) in [5.41, 5.74) is 4.00. The van der Waals surface area contributed by atoms with Crippen LogP contribution in [0.4, 0.5) is 4.39 Å². The van der Waals surface area contributed by atoms with Gasteiger partial charge in [-0.1, -0.05) is 25.3 Å². The standard InChI is InChI=1S/C16H17FN2O/c1-5-14-15(19-11(3)10(2)18-14)8-12-6-7-13(17)16(9-12)20-4/h5-9,18-19H,2-3H2,1,4H3/b14-5+,15-8-. The molecule has 0 saturated carbocycles. The molecule has 1 aromatic rings. The summed E-state index contributed by atoms with van der Waals surface area (Å²) in [6.07, 6.45) is 3.82. The molecule has 104 valence electrons. The Morgan fingerprint density at radius 1 is 1.15 bits per heavy atom. The minimum Gasteiger partial charge on any atom is -0.494 e. The van der Waals surface area contributed by atoms with Gasteiger partial charge in [-0.2, -0.15) is 0 Å². The second kappa shape index (κ2) is 5.65. The molecule has 0 atom stereocenters. The number of halogens is 1. The van der Waals surface area contributed by atoms with E-state index in [1.54, 1.807) is 12.1 Å². The lowest BCUT2D eigenvalue weighted by Crippen LogP contribution is -2.31. The molecule has 0 unspecified atom stereocenters. The average Bonchev–Trinajstić information content (AvgIpc) is 2.44. The number of nitrogens with one attached hydrogen (secondary N) is 2. The molecule has 0 aromatic heterocycles. The van der Waals surface area contributed by atoms with E-state index in [0.29, 0.717) is 5.70 Å². The Morgan fingerprint density at radius 3 is 2.40 bits per heavy atom. The Kier molecular flexibility index (Phi) is 3.94. The number of ether oxygens (including phenoxy) is 1. The van der Waals surface area contributed by atoms with Crippen LogP contribution in [0, 0.1) is 5.82 Å². The van der Waals surface area contributed by atoms with Gasteiger partial charge < -0.3 is 15.4 Å². The second-order valence-corrected chi connectivity index (χ2v) is 4.36. The highest BCUT2D eigenvalue weighted by Crippen LogP contribution is 2.23. The molecule has 20 heavy (non-hydrogen) atoms. The van der Waals surface area contributed by atoms with Gasteiger partial charge in [0.2, 0.25) is 0 Å². The van der Waals surface area contributed by atoms with Gasteiger partial charge in [-0.05, 0) is 30.7 Å². The molecule has 4 heteroatoms. The first kappa shape index (κ1) is 13.9. The maximum Gasteiger partial charge on any atom is 0.165 e. The summed E-state index contributed by atoms with van der Waals surface area (Å²) in [5.74, 6) is -0.165. The topological polar surface area (TPSA) is 33.3 Å². The van der Waals surface area contributed by atoms with Crippen LogP contribution in [0.5, 0.6) is 5.75 Å². The summed E-state index contributed by atoms with van der Waals surface area (Å²) in [6.45, 7) is 9.66. The van der Waals surface area contributed by atoms with Crippen LogP contribution in [0.1, 0.15) is 12.5 Å². The van der Waals surface area contributed by atoms with Gasteiger partial charge in [-0.3, -0.25) is 0 Å². The van der Waals surface area contributed by atoms with Gasteiger partial charge in [-0.25, -0.2) is 4.39 Å². The molecule has 1 aliphatic rings. The zero-order valence-corrected chi connectivity index (χ0v) is 11.6. The molecule has 0 bridgehead atoms. The summed E-state index contributed by atoms with van der Waals surface area (Å²) >= 11 is 0. The first-order valence-electron chi connectivity index (χ1n) is 6.19. The summed E-state index contributed by atoms with van der Waals surface area (Å²) in [5, 5.41) is 6.33. The molecule has 0 amide bonds. The average molecular weight is 272 g/mol. The van der Waals surface area contributed by atoms with E-state index in [0.717, 1.165) is 22.7 Å². The van der Waals surface area contributed by atoms with Gasteiger partial charge in [-0.15, -0.1) is 0 Å². The molecule has 1 aromatic carbocycles. The number of hydrogen-bond acceptors (Lipinski definition) is 3. The van der Waals surface area contributed by atoms with E-state index in [9.17, 15) is 4.39 Å². The van der Waals surface area contributed by atoms with E-state index >= 15 is 0 Å².